The van der Waals surface area contributed by atoms with Gasteiger partial charge in [0.2, 0.25) is 0 Å². The molecule has 5 heteroatoms. The largest absolute Gasteiger partial charge is 0.467 e. The van der Waals surface area contributed by atoms with Crippen LogP contribution in [0.2, 0.25) is 0 Å². The second kappa shape index (κ2) is 5.61. The Balaban J connectivity index is 3.29. The molecule has 0 bridgehead atoms. The molecule has 96 valence electrons. The average Bonchev–Trinajstić information content (AvgIpc) is 2.37. The Bertz CT molecular complexity index is 496. The van der Waals surface area contributed by atoms with Crippen LogP contribution in [-0.4, -0.2) is 19.6 Å². The molecule has 0 spiro atoms. The van der Waals surface area contributed by atoms with Crippen molar-refractivity contribution >= 4 is 5.97 Å². The summed E-state index contributed by atoms with van der Waals surface area (Å²) in [6.07, 6.45) is 5.09. The van der Waals surface area contributed by atoms with Crippen LogP contribution in [0.5, 0.6) is 0 Å². The van der Waals surface area contributed by atoms with Crippen LogP contribution < -0.4 is 5.32 Å². The van der Waals surface area contributed by atoms with Gasteiger partial charge in [-0.3, -0.25) is 5.32 Å². The van der Waals surface area contributed by atoms with E-state index in [-0.39, 0.29) is 12.1 Å². The molecule has 0 aromatic heterocycles. The lowest BCUT2D eigenvalue weighted by molar-refractivity contribution is -0.148. The summed E-state index contributed by atoms with van der Waals surface area (Å²) < 4.78 is 31.5. The molecule has 0 aliphatic rings. The van der Waals surface area contributed by atoms with Gasteiger partial charge in [-0.25, -0.2) is 13.6 Å². The number of carbonyl (C=O) groups is 1. The molecule has 1 rings (SSSR count). The van der Waals surface area contributed by atoms with E-state index in [0.717, 1.165) is 25.3 Å². The Labute approximate surface area is 104 Å². The van der Waals surface area contributed by atoms with Gasteiger partial charge < -0.3 is 4.74 Å². The molecule has 1 aromatic carbocycles. The Morgan fingerprint density at radius 1 is 1.56 bits per heavy atom. The van der Waals surface area contributed by atoms with Gasteiger partial charge >= 0.3 is 5.97 Å². The summed E-state index contributed by atoms with van der Waals surface area (Å²) in [5, 5.41) is 2.66. The summed E-state index contributed by atoms with van der Waals surface area (Å²) in [6.45, 7) is 1.40. The van der Waals surface area contributed by atoms with Crippen molar-refractivity contribution in [3.05, 3.63) is 35.4 Å². The molecule has 0 amide bonds. The average molecular weight is 253 g/mol. The number of terminal acetylenes is 1. The molecule has 0 saturated carbocycles. The van der Waals surface area contributed by atoms with E-state index in [2.05, 4.69) is 16.0 Å². The number of benzene rings is 1. The highest BCUT2D eigenvalue weighted by Crippen LogP contribution is 2.25. The Hall–Kier alpha value is -1.93. The molecular weight excluding hydrogens is 240 g/mol. The van der Waals surface area contributed by atoms with Crippen LogP contribution in [0.15, 0.2) is 18.2 Å². The summed E-state index contributed by atoms with van der Waals surface area (Å²) >= 11 is 0. The minimum absolute atomic E-state index is 0.0154. The van der Waals surface area contributed by atoms with Crippen molar-refractivity contribution in [3.63, 3.8) is 0 Å². The predicted octanol–water partition coefficient (Wildman–Crippen LogP) is 1.58. The Kier molecular flexibility index (Phi) is 4.40. The van der Waals surface area contributed by atoms with Gasteiger partial charge in [-0.1, -0.05) is 5.92 Å². The van der Waals surface area contributed by atoms with Gasteiger partial charge in [0.15, 0.2) is 0 Å². The van der Waals surface area contributed by atoms with Crippen LogP contribution in [0.3, 0.4) is 0 Å². The lowest BCUT2D eigenvalue weighted by Crippen LogP contribution is -2.48. The summed E-state index contributed by atoms with van der Waals surface area (Å²) in [4.78, 5) is 11.8. The van der Waals surface area contributed by atoms with Crippen molar-refractivity contribution in [2.24, 2.45) is 0 Å². The van der Waals surface area contributed by atoms with Crippen LogP contribution in [0, 0.1) is 24.0 Å². The van der Waals surface area contributed by atoms with Gasteiger partial charge in [0.25, 0.3) is 0 Å². The quantitative estimate of drug-likeness (QED) is 0.654. The van der Waals surface area contributed by atoms with E-state index >= 15 is 0 Å². The number of methoxy groups -OCH3 is 1. The SMILES string of the molecule is C#CCNC(C)(C(=O)OC)c1cc(F)ccc1F. The number of halogens is 2. The van der Waals surface area contributed by atoms with Gasteiger partial charge in [-0.15, -0.1) is 6.42 Å². The van der Waals surface area contributed by atoms with E-state index in [1.807, 2.05) is 0 Å². The molecule has 0 aliphatic heterocycles. The van der Waals surface area contributed by atoms with Crippen molar-refractivity contribution in [3.8, 4) is 12.3 Å². The third-order valence-corrected chi connectivity index (χ3v) is 2.60. The first-order valence-corrected chi connectivity index (χ1v) is 5.18. The highest BCUT2D eigenvalue weighted by Gasteiger charge is 2.38. The standard InChI is InChI=1S/C13H13F2NO2/c1-4-7-16-13(2,12(17)18-3)10-8-9(14)5-6-11(10)15/h1,5-6,8,16H,7H2,2-3H3. The van der Waals surface area contributed by atoms with Crippen molar-refractivity contribution in [2.75, 3.05) is 13.7 Å². The topological polar surface area (TPSA) is 38.3 Å². The molecule has 0 aliphatic carbocycles. The van der Waals surface area contributed by atoms with Crippen molar-refractivity contribution < 1.29 is 18.3 Å². The number of hydrogen-bond donors (Lipinski definition) is 1. The fourth-order valence-electron chi connectivity index (χ4n) is 1.59. The van der Waals surface area contributed by atoms with E-state index < -0.39 is 23.1 Å². The van der Waals surface area contributed by atoms with Crippen LogP contribution in [0.1, 0.15) is 12.5 Å². The predicted molar refractivity (Wildman–Crippen MR) is 62.6 cm³/mol. The molecule has 1 aromatic rings. The van der Waals surface area contributed by atoms with Crippen LogP contribution in [-0.2, 0) is 15.1 Å². The molecular formula is C13H13F2NO2. The van der Waals surface area contributed by atoms with Crippen molar-refractivity contribution in [1.29, 1.82) is 0 Å². The lowest BCUT2D eigenvalue weighted by Gasteiger charge is -2.28. The summed E-state index contributed by atoms with van der Waals surface area (Å²) in [5.41, 5.74) is -1.68. The second-order valence-corrected chi connectivity index (χ2v) is 3.80. The number of rotatable bonds is 4. The fourth-order valence-corrected chi connectivity index (χ4v) is 1.59. The van der Waals surface area contributed by atoms with Crippen LogP contribution >= 0.6 is 0 Å². The van der Waals surface area contributed by atoms with E-state index in [9.17, 15) is 13.6 Å². The molecule has 18 heavy (non-hydrogen) atoms. The first kappa shape index (κ1) is 14.1. The monoisotopic (exact) mass is 253 g/mol. The molecule has 1 atom stereocenters. The smallest absolute Gasteiger partial charge is 0.330 e. The molecule has 0 radical (unpaired) electrons. The zero-order valence-electron chi connectivity index (χ0n) is 10.1. The van der Waals surface area contributed by atoms with Gasteiger partial charge in [0.1, 0.15) is 17.2 Å². The normalized spacial score (nSPS) is 13.5. The van der Waals surface area contributed by atoms with Gasteiger partial charge in [0, 0.05) is 5.56 Å². The van der Waals surface area contributed by atoms with E-state index in [1.165, 1.54) is 6.92 Å². The maximum atomic E-state index is 13.7. The first-order valence-electron chi connectivity index (χ1n) is 5.18. The third kappa shape index (κ3) is 2.66. The van der Waals surface area contributed by atoms with Gasteiger partial charge in [-0.2, -0.15) is 0 Å². The van der Waals surface area contributed by atoms with Crippen molar-refractivity contribution in [1.82, 2.24) is 5.32 Å². The maximum absolute atomic E-state index is 13.7. The zero-order valence-corrected chi connectivity index (χ0v) is 10.1. The third-order valence-electron chi connectivity index (χ3n) is 2.60. The Morgan fingerprint density at radius 2 is 2.22 bits per heavy atom. The molecule has 1 unspecified atom stereocenters. The minimum atomic E-state index is -1.53. The number of nitrogens with one attached hydrogen (secondary N) is 1. The van der Waals surface area contributed by atoms with E-state index in [4.69, 9.17) is 6.42 Å². The minimum Gasteiger partial charge on any atom is -0.467 e. The first-order chi connectivity index (χ1) is 8.45. The molecule has 1 N–H and O–H groups in total. The maximum Gasteiger partial charge on any atom is 0.330 e. The highest BCUT2D eigenvalue weighted by molar-refractivity contribution is 5.82. The summed E-state index contributed by atoms with van der Waals surface area (Å²) in [5.74, 6) is 0.160. The molecule has 0 fully saturated rings. The Morgan fingerprint density at radius 3 is 2.78 bits per heavy atom. The molecule has 3 nitrogen and oxygen atoms in total. The van der Waals surface area contributed by atoms with E-state index in [1.54, 1.807) is 0 Å². The second-order valence-electron chi connectivity index (χ2n) is 3.80. The fraction of sp³-hybridized carbons (Fsp3) is 0.308. The van der Waals surface area contributed by atoms with Crippen LogP contribution in [0.25, 0.3) is 0 Å². The molecule has 0 saturated heterocycles. The number of carbonyl (C=O) groups excluding carboxylic acids is 1. The van der Waals surface area contributed by atoms with Gasteiger partial charge in [-0.05, 0) is 25.1 Å². The number of esters is 1. The molecule has 0 heterocycles. The summed E-state index contributed by atoms with van der Waals surface area (Å²) in [7, 11) is 1.16. The highest BCUT2D eigenvalue weighted by atomic mass is 19.1. The van der Waals surface area contributed by atoms with Crippen LogP contribution in [0.4, 0.5) is 8.78 Å². The van der Waals surface area contributed by atoms with Gasteiger partial charge in [0.05, 0.1) is 13.7 Å². The van der Waals surface area contributed by atoms with Crippen molar-refractivity contribution in [2.45, 2.75) is 12.5 Å². The zero-order chi connectivity index (χ0) is 13.8. The number of ether oxygens (including phenoxy) is 1. The lowest BCUT2D eigenvalue weighted by atomic mass is 9.91. The number of hydrogen-bond acceptors (Lipinski definition) is 3. The van der Waals surface area contributed by atoms with E-state index in [0.29, 0.717) is 0 Å². The summed E-state index contributed by atoms with van der Waals surface area (Å²) in [6, 6.07) is 2.86.